The molecule has 3 rings (SSSR count). The smallest absolute Gasteiger partial charge is 0.276 e. The lowest BCUT2D eigenvalue weighted by Gasteiger charge is -2.32. The minimum atomic E-state index is -0.505. The van der Waals surface area contributed by atoms with Crippen LogP contribution in [0.1, 0.15) is 98.9 Å². The molecule has 0 bridgehead atoms. The van der Waals surface area contributed by atoms with Crippen LogP contribution in [0.5, 0.6) is 0 Å². The van der Waals surface area contributed by atoms with Crippen LogP contribution in [0.4, 0.5) is 4.39 Å². The molecule has 3 atom stereocenters. The van der Waals surface area contributed by atoms with Crippen molar-refractivity contribution in [2.24, 2.45) is 11.8 Å². The number of carbonyl (C=O) groups is 3. The molecule has 2 N–H and O–H groups in total. The van der Waals surface area contributed by atoms with E-state index in [1.807, 2.05) is 32.8 Å². The van der Waals surface area contributed by atoms with Crippen LogP contribution in [0, 0.1) is 17.7 Å². The number of thioether (sulfide) groups is 1. The van der Waals surface area contributed by atoms with Gasteiger partial charge in [0.1, 0.15) is 5.82 Å². The molecular formula is C31H54FN5O4S. The molecule has 11 heteroatoms. The van der Waals surface area contributed by atoms with E-state index >= 15 is 0 Å². The molecule has 1 fully saturated rings. The van der Waals surface area contributed by atoms with Crippen molar-refractivity contribution in [1.82, 2.24) is 25.7 Å². The molecule has 2 amide bonds. The first-order valence-electron chi connectivity index (χ1n) is 13.8. The minimum Gasteiger partial charge on any atom is -0.419 e. The highest BCUT2D eigenvalue weighted by atomic mass is 32.2. The van der Waals surface area contributed by atoms with Crippen LogP contribution in [-0.4, -0.2) is 64.1 Å². The van der Waals surface area contributed by atoms with Crippen LogP contribution in [0.15, 0.2) is 34.2 Å². The van der Waals surface area contributed by atoms with Gasteiger partial charge in [-0.3, -0.25) is 14.4 Å². The lowest BCUT2D eigenvalue weighted by molar-refractivity contribution is -0.131. The summed E-state index contributed by atoms with van der Waals surface area (Å²) in [7, 11) is 3.72. The molecule has 0 radical (unpaired) electrons. The average molecular weight is 612 g/mol. The van der Waals surface area contributed by atoms with Gasteiger partial charge in [-0.25, -0.2) is 4.39 Å². The third-order valence-electron chi connectivity index (χ3n) is 6.41. The van der Waals surface area contributed by atoms with Crippen molar-refractivity contribution in [3.05, 3.63) is 41.5 Å². The van der Waals surface area contributed by atoms with Crippen LogP contribution in [0.2, 0.25) is 0 Å². The summed E-state index contributed by atoms with van der Waals surface area (Å²) < 4.78 is 18.6. The SMILES string of the molecule is C.C.CC(=O)C(CC(C)C)NC(=O)[C@@H]1CCCC[C@@H]1NC(=O)c1ccc(F)cc1CN(C)C.CC(C)Sc1nnco1.[HH]. The maximum atomic E-state index is 13.7. The molecule has 1 aromatic heterocycles. The number of hydrogen-bond acceptors (Lipinski definition) is 8. The lowest BCUT2D eigenvalue weighted by Crippen LogP contribution is -2.51. The van der Waals surface area contributed by atoms with E-state index in [0.29, 0.717) is 47.4 Å². The van der Waals surface area contributed by atoms with Crippen LogP contribution >= 0.6 is 11.8 Å². The van der Waals surface area contributed by atoms with E-state index in [-0.39, 0.29) is 57.6 Å². The Hall–Kier alpha value is -2.79. The van der Waals surface area contributed by atoms with Gasteiger partial charge in [0.05, 0.1) is 12.0 Å². The molecule has 1 aliphatic carbocycles. The normalized spacial score (nSPS) is 16.9. The summed E-state index contributed by atoms with van der Waals surface area (Å²) in [5.41, 5.74) is 1.02. The summed E-state index contributed by atoms with van der Waals surface area (Å²) in [4.78, 5) is 39.9. The van der Waals surface area contributed by atoms with Gasteiger partial charge in [-0.05, 0) is 70.0 Å². The molecule has 1 heterocycles. The van der Waals surface area contributed by atoms with Gasteiger partial charge in [-0.15, -0.1) is 10.2 Å². The highest BCUT2D eigenvalue weighted by Crippen LogP contribution is 2.26. The summed E-state index contributed by atoms with van der Waals surface area (Å²) in [6.07, 6.45) is 5.12. The van der Waals surface area contributed by atoms with Crippen molar-refractivity contribution in [2.75, 3.05) is 14.1 Å². The van der Waals surface area contributed by atoms with Gasteiger partial charge < -0.3 is 20.0 Å². The number of hydrogen-bond donors (Lipinski definition) is 2. The van der Waals surface area contributed by atoms with Gasteiger partial charge in [-0.2, -0.15) is 0 Å². The Balaban J connectivity index is 0. The Morgan fingerprint density at radius 1 is 1.14 bits per heavy atom. The molecular weight excluding hydrogens is 557 g/mol. The fourth-order valence-corrected chi connectivity index (χ4v) is 5.21. The van der Waals surface area contributed by atoms with Crippen LogP contribution in [0.3, 0.4) is 0 Å². The first-order chi connectivity index (χ1) is 18.9. The number of rotatable bonds is 11. The quantitative estimate of drug-likeness (QED) is 0.281. The lowest BCUT2D eigenvalue weighted by atomic mass is 9.83. The molecule has 0 spiro atoms. The molecule has 0 saturated heterocycles. The third kappa shape index (κ3) is 13.5. The molecule has 1 unspecified atom stereocenters. The molecule has 1 aliphatic rings. The summed E-state index contributed by atoms with van der Waals surface area (Å²) in [6.45, 7) is 10.1. The molecule has 0 aliphatic heterocycles. The maximum Gasteiger partial charge on any atom is 0.276 e. The van der Waals surface area contributed by atoms with Gasteiger partial charge >= 0.3 is 0 Å². The first-order valence-corrected chi connectivity index (χ1v) is 14.7. The summed E-state index contributed by atoms with van der Waals surface area (Å²) in [5, 5.41) is 14.3. The van der Waals surface area contributed by atoms with Gasteiger partial charge in [0.15, 0.2) is 5.78 Å². The van der Waals surface area contributed by atoms with Crippen LogP contribution in [-0.2, 0) is 16.1 Å². The summed E-state index contributed by atoms with van der Waals surface area (Å²) in [6, 6.07) is 3.33. The number of Topliss-reactive ketones (excluding diaryl/α,β-unsaturated/α-hetero) is 1. The summed E-state index contributed by atoms with van der Waals surface area (Å²) >= 11 is 1.56. The zero-order valence-electron chi connectivity index (χ0n) is 24.7. The van der Waals surface area contributed by atoms with Crippen molar-refractivity contribution in [1.29, 1.82) is 0 Å². The number of carbonyl (C=O) groups excluding carboxylic acids is 3. The second-order valence-electron chi connectivity index (χ2n) is 11.2. The van der Waals surface area contributed by atoms with E-state index in [9.17, 15) is 18.8 Å². The Bertz CT molecular complexity index is 1100. The number of nitrogens with one attached hydrogen (secondary N) is 2. The number of ketones is 1. The number of nitrogens with zero attached hydrogens (tertiary/aromatic N) is 3. The Morgan fingerprint density at radius 3 is 2.36 bits per heavy atom. The van der Waals surface area contributed by atoms with Crippen LogP contribution in [0.25, 0.3) is 0 Å². The van der Waals surface area contributed by atoms with Gasteiger partial charge in [0, 0.05) is 24.8 Å². The topological polar surface area (TPSA) is 117 Å². The highest BCUT2D eigenvalue weighted by Gasteiger charge is 2.34. The molecule has 42 heavy (non-hydrogen) atoms. The average Bonchev–Trinajstić information content (AvgIpc) is 3.36. The molecule has 1 saturated carbocycles. The zero-order valence-corrected chi connectivity index (χ0v) is 25.5. The predicted molar refractivity (Wildman–Crippen MR) is 170 cm³/mol. The van der Waals surface area contributed by atoms with E-state index in [4.69, 9.17) is 4.42 Å². The van der Waals surface area contributed by atoms with Crippen molar-refractivity contribution in [3.8, 4) is 0 Å². The Morgan fingerprint density at radius 2 is 1.81 bits per heavy atom. The monoisotopic (exact) mass is 611 g/mol. The zero-order chi connectivity index (χ0) is 29.8. The van der Waals surface area contributed by atoms with E-state index in [2.05, 4.69) is 34.7 Å². The standard InChI is InChI=1S/C24H36FN3O3.C5H8N2OS.2CH4.H2/c1-15(2)12-22(16(3)29)27-24(31)20-8-6-7-9-21(20)26-23(30)19-11-10-18(25)13-17(19)14-28(4)5;1-4(2)9-5-7-6-3-8-5;;;/h10-11,13,15,20-22H,6-9,12,14H2,1-5H3,(H,26,30)(H,27,31);3-4H,1-2H3;2*1H4;1H/t20-,21+,22?;;;;/m1..../s1. The molecule has 9 nitrogen and oxygen atoms in total. The van der Waals surface area contributed by atoms with Crippen molar-refractivity contribution in [2.45, 2.75) is 111 Å². The van der Waals surface area contributed by atoms with Gasteiger partial charge in [0.25, 0.3) is 11.1 Å². The number of aromatic nitrogens is 2. The van der Waals surface area contributed by atoms with Gasteiger partial charge in [0.2, 0.25) is 12.3 Å². The minimum absolute atomic E-state index is 0. The van der Waals surface area contributed by atoms with E-state index in [0.717, 1.165) is 12.8 Å². The van der Waals surface area contributed by atoms with E-state index in [1.165, 1.54) is 31.5 Å². The number of benzene rings is 1. The second-order valence-corrected chi connectivity index (χ2v) is 12.7. The number of halogens is 1. The molecule has 2 aromatic rings. The fraction of sp³-hybridized carbons (Fsp3) is 0.645. The van der Waals surface area contributed by atoms with Crippen molar-refractivity contribution in [3.63, 3.8) is 0 Å². The largest absolute Gasteiger partial charge is 0.419 e. The Labute approximate surface area is 257 Å². The van der Waals surface area contributed by atoms with Crippen molar-refractivity contribution < 1.29 is 24.6 Å². The maximum absolute atomic E-state index is 13.7. The highest BCUT2D eigenvalue weighted by molar-refractivity contribution is 7.99. The van der Waals surface area contributed by atoms with E-state index < -0.39 is 6.04 Å². The third-order valence-corrected chi connectivity index (χ3v) is 7.26. The van der Waals surface area contributed by atoms with Crippen LogP contribution < -0.4 is 10.6 Å². The molecule has 240 valence electrons. The van der Waals surface area contributed by atoms with Gasteiger partial charge in [-0.1, -0.05) is 67.2 Å². The molecule has 1 aromatic carbocycles. The number of amides is 2. The Kier molecular flexibility index (Phi) is 18.1. The first kappa shape index (κ1) is 39.2. The van der Waals surface area contributed by atoms with E-state index in [1.54, 1.807) is 11.8 Å². The summed E-state index contributed by atoms with van der Waals surface area (Å²) in [5.74, 6) is -1.03. The fourth-order valence-electron chi connectivity index (χ4n) is 4.61. The van der Waals surface area contributed by atoms with Crippen molar-refractivity contribution >= 4 is 29.4 Å². The second kappa shape index (κ2) is 19.4. The predicted octanol–water partition coefficient (Wildman–Crippen LogP) is 6.38.